The van der Waals surface area contributed by atoms with Gasteiger partial charge < -0.3 is 20.1 Å². The molecule has 4 rings (SSSR count). The standard InChI is InChI=1S/C25H20Br2O6/c1-10-8-16(26)12(3)18(21(10)28)25(19-13(4)17(27)9-11(2)22(19)29)20-14(23(30)31)6-5-7-15(20)24(32)33-25/h5-9,28-29H,1-4H3,(H,30,31). The maximum absolute atomic E-state index is 13.2. The number of carbonyl (C=O) groups excluding carboxylic acids is 1. The number of hydrogen-bond acceptors (Lipinski definition) is 5. The van der Waals surface area contributed by atoms with Crippen LogP contribution in [0.5, 0.6) is 11.5 Å². The summed E-state index contributed by atoms with van der Waals surface area (Å²) >= 11 is 7.01. The SMILES string of the molecule is Cc1cc(Br)c(C)c(C2(c3c(C)c(Br)cc(C)c3O)OC(=O)c3cccc(C(=O)O)c32)c1O. The Morgan fingerprint density at radius 2 is 1.36 bits per heavy atom. The Labute approximate surface area is 207 Å². The highest BCUT2D eigenvalue weighted by Crippen LogP contribution is 2.57. The first kappa shape index (κ1) is 23.3. The number of hydrogen-bond donors (Lipinski definition) is 3. The minimum atomic E-state index is -1.91. The summed E-state index contributed by atoms with van der Waals surface area (Å²) in [6.45, 7) is 6.84. The average Bonchev–Trinajstić information content (AvgIpc) is 3.04. The monoisotopic (exact) mass is 574 g/mol. The number of rotatable bonds is 3. The summed E-state index contributed by atoms with van der Waals surface area (Å²) in [7, 11) is 0. The molecule has 1 heterocycles. The highest BCUT2D eigenvalue weighted by Gasteiger charge is 2.55. The molecule has 3 aromatic carbocycles. The van der Waals surface area contributed by atoms with E-state index in [0.29, 0.717) is 31.2 Å². The number of cyclic esters (lactones) is 1. The lowest BCUT2D eigenvalue weighted by Crippen LogP contribution is -2.34. The van der Waals surface area contributed by atoms with E-state index >= 15 is 0 Å². The Morgan fingerprint density at radius 1 is 0.879 bits per heavy atom. The second kappa shape index (κ2) is 7.88. The van der Waals surface area contributed by atoms with Crippen molar-refractivity contribution < 1.29 is 29.6 Å². The van der Waals surface area contributed by atoms with Gasteiger partial charge in [0.05, 0.1) is 22.3 Å². The van der Waals surface area contributed by atoms with Gasteiger partial charge in [0.15, 0.2) is 5.60 Å². The van der Waals surface area contributed by atoms with Crippen LogP contribution in [-0.4, -0.2) is 27.3 Å². The summed E-state index contributed by atoms with van der Waals surface area (Å²) in [6.07, 6.45) is 0. The van der Waals surface area contributed by atoms with Crippen LogP contribution in [0.3, 0.4) is 0 Å². The molecule has 170 valence electrons. The lowest BCUT2D eigenvalue weighted by molar-refractivity contribution is 0.0229. The molecule has 0 aromatic heterocycles. The molecule has 0 radical (unpaired) electrons. The maximum Gasteiger partial charge on any atom is 0.340 e. The molecule has 0 aliphatic carbocycles. The molecule has 0 unspecified atom stereocenters. The van der Waals surface area contributed by atoms with E-state index < -0.39 is 17.5 Å². The summed E-state index contributed by atoms with van der Waals surface area (Å²) < 4.78 is 7.33. The summed E-state index contributed by atoms with van der Waals surface area (Å²) in [6, 6.07) is 7.78. The summed E-state index contributed by atoms with van der Waals surface area (Å²) in [5.41, 5.74) is 0.476. The van der Waals surface area contributed by atoms with Gasteiger partial charge in [-0.05, 0) is 74.2 Å². The maximum atomic E-state index is 13.2. The average molecular weight is 576 g/mol. The van der Waals surface area contributed by atoms with Crippen molar-refractivity contribution in [3.8, 4) is 11.5 Å². The van der Waals surface area contributed by atoms with Crippen molar-refractivity contribution >= 4 is 43.8 Å². The van der Waals surface area contributed by atoms with Crippen LogP contribution in [0.1, 0.15) is 59.7 Å². The Kier molecular flexibility index (Phi) is 5.57. The summed E-state index contributed by atoms with van der Waals surface area (Å²) in [4.78, 5) is 25.5. The number of carboxylic acid groups (broad SMARTS) is 1. The Balaban J connectivity index is 2.36. The molecule has 3 aromatic rings. The molecule has 0 saturated heterocycles. The molecule has 33 heavy (non-hydrogen) atoms. The van der Waals surface area contributed by atoms with Crippen LogP contribution in [-0.2, 0) is 10.3 Å². The van der Waals surface area contributed by atoms with Crippen LogP contribution >= 0.6 is 31.9 Å². The first-order valence-corrected chi connectivity index (χ1v) is 11.6. The molecule has 6 nitrogen and oxygen atoms in total. The van der Waals surface area contributed by atoms with Gasteiger partial charge >= 0.3 is 11.9 Å². The number of aryl methyl sites for hydroxylation is 2. The predicted molar refractivity (Wildman–Crippen MR) is 129 cm³/mol. The van der Waals surface area contributed by atoms with Crippen LogP contribution in [0.25, 0.3) is 0 Å². The topological polar surface area (TPSA) is 104 Å². The highest BCUT2D eigenvalue weighted by molar-refractivity contribution is 9.10. The van der Waals surface area contributed by atoms with Gasteiger partial charge in [-0.25, -0.2) is 9.59 Å². The zero-order valence-corrected chi connectivity index (χ0v) is 21.4. The molecule has 1 aliphatic rings. The van der Waals surface area contributed by atoms with E-state index in [0.717, 1.165) is 0 Å². The fourth-order valence-corrected chi connectivity index (χ4v) is 5.67. The minimum absolute atomic E-state index is 0.0581. The van der Waals surface area contributed by atoms with E-state index in [-0.39, 0.29) is 39.3 Å². The molecule has 8 heteroatoms. The van der Waals surface area contributed by atoms with E-state index in [9.17, 15) is 24.9 Å². The number of halogens is 2. The molecule has 0 atom stereocenters. The van der Waals surface area contributed by atoms with Gasteiger partial charge in [-0.3, -0.25) is 0 Å². The molecule has 1 aliphatic heterocycles. The first-order valence-electron chi connectivity index (χ1n) is 10.0. The number of esters is 1. The molecular formula is C25H20Br2O6. The fourth-order valence-electron chi connectivity index (χ4n) is 4.59. The zero-order chi connectivity index (χ0) is 24.4. The largest absolute Gasteiger partial charge is 0.507 e. The quantitative estimate of drug-likeness (QED) is 0.330. The van der Waals surface area contributed by atoms with Crippen LogP contribution in [0, 0.1) is 27.7 Å². The number of phenolic OH excluding ortho intramolecular Hbond substituents is 2. The smallest absolute Gasteiger partial charge is 0.340 e. The van der Waals surface area contributed by atoms with Gasteiger partial charge in [0.2, 0.25) is 0 Å². The van der Waals surface area contributed by atoms with E-state index in [1.807, 2.05) is 0 Å². The van der Waals surface area contributed by atoms with Crippen molar-refractivity contribution in [1.82, 2.24) is 0 Å². The van der Waals surface area contributed by atoms with Gasteiger partial charge in [0.1, 0.15) is 11.5 Å². The second-order valence-corrected chi connectivity index (χ2v) is 9.86. The Bertz CT molecular complexity index is 1260. The Hall–Kier alpha value is -2.84. The van der Waals surface area contributed by atoms with E-state index in [4.69, 9.17) is 4.74 Å². The van der Waals surface area contributed by atoms with Gasteiger partial charge in [0.25, 0.3) is 0 Å². The van der Waals surface area contributed by atoms with Gasteiger partial charge in [-0.1, -0.05) is 37.9 Å². The van der Waals surface area contributed by atoms with Crippen molar-refractivity contribution in [2.75, 3.05) is 0 Å². The first-order chi connectivity index (χ1) is 15.4. The van der Waals surface area contributed by atoms with Crippen molar-refractivity contribution in [2.24, 2.45) is 0 Å². The van der Waals surface area contributed by atoms with Crippen LogP contribution < -0.4 is 0 Å². The summed E-state index contributed by atoms with van der Waals surface area (Å²) in [5, 5.41) is 32.6. The number of carbonyl (C=O) groups is 2. The van der Waals surface area contributed by atoms with Crippen molar-refractivity contribution in [2.45, 2.75) is 33.3 Å². The third-order valence-corrected chi connectivity index (χ3v) is 7.84. The van der Waals surface area contributed by atoms with Gasteiger partial charge in [-0.15, -0.1) is 0 Å². The lowest BCUT2D eigenvalue weighted by Gasteiger charge is -2.35. The predicted octanol–water partition coefficient (Wildman–Crippen LogP) is 6.02. The minimum Gasteiger partial charge on any atom is -0.507 e. The molecule has 0 fully saturated rings. The molecule has 0 saturated carbocycles. The number of aromatic carboxylic acids is 1. The third-order valence-electron chi connectivity index (χ3n) is 6.19. The van der Waals surface area contributed by atoms with Gasteiger partial charge in [0, 0.05) is 14.5 Å². The normalized spacial score (nSPS) is 14.2. The van der Waals surface area contributed by atoms with E-state index in [1.165, 1.54) is 18.2 Å². The highest BCUT2D eigenvalue weighted by atomic mass is 79.9. The van der Waals surface area contributed by atoms with E-state index in [1.54, 1.807) is 39.8 Å². The Morgan fingerprint density at radius 3 is 1.82 bits per heavy atom. The molecular weight excluding hydrogens is 556 g/mol. The number of phenols is 2. The molecule has 0 spiro atoms. The number of benzene rings is 3. The van der Waals surface area contributed by atoms with Crippen LogP contribution in [0.15, 0.2) is 39.3 Å². The summed E-state index contributed by atoms with van der Waals surface area (Å²) in [5.74, 6) is -2.33. The van der Waals surface area contributed by atoms with Crippen molar-refractivity contribution in [1.29, 1.82) is 0 Å². The number of carboxylic acids is 1. The molecule has 0 bridgehead atoms. The zero-order valence-electron chi connectivity index (χ0n) is 18.2. The molecule has 0 amide bonds. The number of aromatic hydroxyl groups is 2. The van der Waals surface area contributed by atoms with Crippen molar-refractivity contribution in [3.05, 3.63) is 89.3 Å². The van der Waals surface area contributed by atoms with E-state index in [2.05, 4.69) is 31.9 Å². The third kappa shape index (κ3) is 3.19. The fraction of sp³-hybridized carbons (Fsp3) is 0.200. The van der Waals surface area contributed by atoms with Crippen LogP contribution in [0.4, 0.5) is 0 Å². The lowest BCUT2D eigenvalue weighted by atomic mass is 9.73. The van der Waals surface area contributed by atoms with Crippen molar-refractivity contribution in [3.63, 3.8) is 0 Å². The van der Waals surface area contributed by atoms with Gasteiger partial charge in [-0.2, -0.15) is 0 Å². The van der Waals surface area contributed by atoms with Crippen LogP contribution in [0.2, 0.25) is 0 Å². The second-order valence-electron chi connectivity index (χ2n) is 8.15. The molecule has 3 N–H and O–H groups in total. The number of fused-ring (bicyclic) bond motifs is 1. The number of ether oxygens (including phenoxy) is 1.